The lowest BCUT2D eigenvalue weighted by Crippen LogP contribution is -2.36. The Balaban J connectivity index is 1.64. The fourth-order valence-electron chi connectivity index (χ4n) is 3.73. The van der Waals surface area contributed by atoms with Gasteiger partial charge in [-0.05, 0) is 36.5 Å². The number of benzene rings is 2. The summed E-state index contributed by atoms with van der Waals surface area (Å²) in [6, 6.07) is 16.1. The van der Waals surface area contributed by atoms with Gasteiger partial charge >= 0.3 is 0 Å². The van der Waals surface area contributed by atoms with Crippen molar-refractivity contribution >= 4 is 23.4 Å². The van der Waals surface area contributed by atoms with E-state index in [1.54, 1.807) is 24.3 Å². The lowest BCUT2D eigenvalue weighted by atomic mass is 9.89. The summed E-state index contributed by atoms with van der Waals surface area (Å²) in [6.45, 7) is 0.721. The molecule has 1 atom stereocenters. The van der Waals surface area contributed by atoms with Crippen molar-refractivity contribution in [2.45, 2.75) is 44.6 Å². The molecule has 0 heterocycles. The Morgan fingerprint density at radius 1 is 0.964 bits per heavy atom. The summed E-state index contributed by atoms with van der Waals surface area (Å²) in [7, 11) is 0. The second-order valence-electron chi connectivity index (χ2n) is 7.43. The second-order valence-corrected chi connectivity index (χ2v) is 7.84. The van der Waals surface area contributed by atoms with Crippen molar-refractivity contribution < 1.29 is 9.59 Å². The van der Waals surface area contributed by atoms with Crippen LogP contribution in [0.2, 0.25) is 5.02 Å². The molecule has 1 unspecified atom stereocenters. The molecule has 148 valence electrons. The summed E-state index contributed by atoms with van der Waals surface area (Å²) in [5, 5.41) is 6.43. The third-order valence-corrected chi connectivity index (χ3v) is 5.66. The highest BCUT2D eigenvalue weighted by atomic mass is 35.5. The van der Waals surface area contributed by atoms with Crippen molar-refractivity contribution in [3.63, 3.8) is 0 Å². The summed E-state index contributed by atoms with van der Waals surface area (Å²) >= 11 is 6.15. The Morgan fingerprint density at radius 3 is 2.36 bits per heavy atom. The standard InChI is InChI=1S/C23H27ClN2O2/c24-20-14-8-7-13-19(20)23(28)26-21(18-11-5-2-6-12-18)15-22(27)25-16-17-9-3-1-4-10-17/h2,5-8,11-14,17,21H,1,3-4,9-10,15-16H2,(H,25,27)(H,26,28). The van der Waals surface area contributed by atoms with E-state index < -0.39 is 6.04 Å². The van der Waals surface area contributed by atoms with Crippen LogP contribution in [0.4, 0.5) is 0 Å². The van der Waals surface area contributed by atoms with E-state index in [1.165, 1.54) is 32.1 Å². The number of nitrogens with one attached hydrogen (secondary N) is 2. The van der Waals surface area contributed by atoms with Gasteiger partial charge in [0.1, 0.15) is 0 Å². The molecule has 0 aliphatic heterocycles. The number of amides is 2. The normalized spacial score (nSPS) is 15.6. The largest absolute Gasteiger partial charge is 0.356 e. The maximum absolute atomic E-state index is 12.7. The Morgan fingerprint density at radius 2 is 1.64 bits per heavy atom. The first kappa shape index (κ1) is 20.4. The van der Waals surface area contributed by atoms with E-state index in [0.29, 0.717) is 16.5 Å². The van der Waals surface area contributed by atoms with Crippen LogP contribution in [0.5, 0.6) is 0 Å². The van der Waals surface area contributed by atoms with Crippen LogP contribution in [0.25, 0.3) is 0 Å². The predicted octanol–water partition coefficient (Wildman–Crippen LogP) is 4.90. The monoisotopic (exact) mass is 398 g/mol. The molecule has 2 amide bonds. The molecule has 0 spiro atoms. The zero-order chi connectivity index (χ0) is 19.8. The molecule has 4 nitrogen and oxygen atoms in total. The molecular weight excluding hydrogens is 372 g/mol. The lowest BCUT2D eigenvalue weighted by molar-refractivity contribution is -0.121. The number of rotatable bonds is 7. The van der Waals surface area contributed by atoms with Crippen molar-refractivity contribution in [1.82, 2.24) is 10.6 Å². The molecular formula is C23H27ClN2O2. The molecule has 2 aromatic rings. The third kappa shape index (κ3) is 5.83. The van der Waals surface area contributed by atoms with Crippen LogP contribution >= 0.6 is 11.6 Å². The van der Waals surface area contributed by atoms with E-state index >= 15 is 0 Å². The van der Waals surface area contributed by atoms with Gasteiger partial charge in [0, 0.05) is 6.54 Å². The maximum atomic E-state index is 12.7. The number of halogens is 1. The van der Waals surface area contributed by atoms with Crippen LogP contribution in [-0.4, -0.2) is 18.4 Å². The van der Waals surface area contributed by atoms with E-state index in [2.05, 4.69) is 10.6 Å². The van der Waals surface area contributed by atoms with Crippen LogP contribution in [0.1, 0.15) is 60.5 Å². The molecule has 3 rings (SSSR count). The molecule has 2 N–H and O–H groups in total. The van der Waals surface area contributed by atoms with Crippen molar-refractivity contribution in [2.75, 3.05) is 6.54 Å². The molecule has 1 aliphatic carbocycles. The van der Waals surface area contributed by atoms with Crippen LogP contribution in [-0.2, 0) is 4.79 Å². The third-order valence-electron chi connectivity index (χ3n) is 5.33. The second kappa shape index (κ2) is 10.3. The minimum absolute atomic E-state index is 0.0427. The van der Waals surface area contributed by atoms with E-state index in [-0.39, 0.29) is 18.2 Å². The first-order valence-electron chi connectivity index (χ1n) is 10.0. The Hall–Kier alpha value is -2.33. The Kier molecular flexibility index (Phi) is 7.49. The fraction of sp³-hybridized carbons (Fsp3) is 0.391. The average Bonchev–Trinajstić information content (AvgIpc) is 2.73. The molecule has 0 bridgehead atoms. The quantitative estimate of drug-likeness (QED) is 0.697. The maximum Gasteiger partial charge on any atom is 0.253 e. The summed E-state index contributed by atoms with van der Waals surface area (Å²) in [5.74, 6) is 0.254. The number of hydrogen-bond acceptors (Lipinski definition) is 2. The first-order valence-corrected chi connectivity index (χ1v) is 10.4. The number of carbonyl (C=O) groups is 2. The topological polar surface area (TPSA) is 58.2 Å². The van der Waals surface area contributed by atoms with Gasteiger partial charge in [0.2, 0.25) is 5.91 Å². The van der Waals surface area contributed by atoms with Gasteiger partial charge < -0.3 is 10.6 Å². The molecule has 1 saturated carbocycles. The lowest BCUT2D eigenvalue weighted by Gasteiger charge is -2.23. The van der Waals surface area contributed by atoms with Gasteiger partial charge in [0.15, 0.2) is 0 Å². The van der Waals surface area contributed by atoms with Crippen molar-refractivity contribution in [3.8, 4) is 0 Å². The van der Waals surface area contributed by atoms with Gasteiger partial charge in [-0.15, -0.1) is 0 Å². The fourth-order valence-corrected chi connectivity index (χ4v) is 3.95. The van der Waals surface area contributed by atoms with Crippen molar-refractivity contribution in [1.29, 1.82) is 0 Å². The summed E-state index contributed by atoms with van der Waals surface area (Å²) in [6.07, 6.45) is 6.38. The molecule has 2 aromatic carbocycles. The first-order chi connectivity index (χ1) is 13.6. The van der Waals surface area contributed by atoms with E-state index in [4.69, 9.17) is 11.6 Å². The molecule has 28 heavy (non-hydrogen) atoms. The van der Waals surface area contributed by atoms with Gasteiger partial charge in [-0.3, -0.25) is 9.59 Å². The summed E-state index contributed by atoms with van der Waals surface area (Å²) in [4.78, 5) is 25.3. The van der Waals surface area contributed by atoms with Gasteiger partial charge in [-0.2, -0.15) is 0 Å². The van der Waals surface area contributed by atoms with Gasteiger partial charge in [0.25, 0.3) is 5.91 Å². The molecule has 0 saturated heterocycles. The number of hydrogen-bond donors (Lipinski definition) is 2. The minimum atomic E-state index is -0.406. The van der Waals surface area contributed by atoms with Gasteiger partial charge in [-0.25, -0.2) is 0 Å². The smallest absolute Gasteiger partial charge is 0.253 e. The zero-order valence-electron chi connectivity index (χ0n) is 16.0. The van der Waals surface area contributed by atoms with Crippen LogP contribution in [0.3, 0.4) is 0 Å². The van der Waals surface area contributed by atoms with Gasteiger partial charge in [0.05, 0.1) is 23.0 Å². The van der Waals surface area contributed by atoms with E-state index in [9.17, 15) is 9.59 Å². The van der Waals surface area contributed by atoms with Crippen LogP contribution < -0.4 is 10.6 Å². The zero-order valence-corrected chi connectivity index (χ0v) is 16.8. The highest BCUT2D eigenvalue weighted by Gasteiger charge is 2.21. The molecule has 1 fully saturated rings. The highest BCUT2D eigenvalue weighted by molar-refractivity contribution is 6.33. The van der Waals surface area contributed by atoms with Crippen molar-refractivity contribution in [3.05, 3.63) is 70.7 Å². The molecule has 0 aromatic heterocycles. The number of carbonyl (C=O) groups excluding carboxylic acids is 2. The van der Waals surface area contributed by atoms with Crippen LogP contribution in [0, 0.1) is 5.92 Å². The molecule has 5 heteroatoms. The predicted molar refractivity (Wildman–Crippen MR) is 112 cm³/mol. The molecule has 1 aliphatic rings. The Bertz CT molecular complexity index is 788. The van der Waals surface area contributed by atoms with Gasteiger partial charge in [-0.1, -0.05) is 73.3 Å². The Labute approximate surface area is 171 Å². The van der Waals surface area contributed by atoms with Crippen LogP contribution in [0.15, 0.2) is 54.6 Å². The van der Waals surface area contributed by atoms with E-state index in [0.717, 1.165) is 12.1 Å². The SMILES string of the molecule is O=C(CC(NC(=O)c1ccccc1Cl)c1ccccc1)NCC1CCCCC1. The highest BCUT2D eigenvalue weighted by Crippen LogP contribution is 2.23. The van der Waals surface area contributed by atoms with E-state index in [1.807, 2.05) is 30.3 Å². The summed E-state index contributed by atoms with van der Waals surface area (Å²) < 4.78 is 0. The average molecular weight is 399 g/mol. The minimum Gasteiger partial charge on any atom is -0.356 e. The van der Waals surface area contributed by atoms with Crippen molar-refractivity contribution in [2.24, 2.45) is 5.92 Å². The molecule has 0 radical (unpaired) electrons. The summed E-state index contributed by atoms with van der Waals surface area (Å²) in [5.41, 5.74) is 1.31.